The molecule has 0 aliphatic carbocycles. The van der Waals surface area contributed by atoms with Gasteiger partial charge in [-0.1, -0.05) is 41.4 Å². The number of para-hydroxylation sites is 1. The van der Waals surface area contributed by atoms with Gasteiger partial charge in [0.1, 0.15) is 0 Å². The van der Waals surface area contributed by atoms with Gasteiger partial charge in [0, 0.05) is 36.9 Å². The second-order valence-electron chi connectivity index (χ2n) is 5.68. The van der Waals surface area contributed by atoms with Crippen LogP contribution in [0.5, 0.6) is 0 Å². The molecular formula is C18H19Cl2N3O. The summed E-state index contributed by atoms with van der Waals surface area (Å²) >= 11 is 12.1. The van der Waals surface area contributed by atoms with E-state index in [2.05, 4.69) is 22.3 Å². The van der Waals surface area contributed by atoms with Gasteiger partial charge < -0.3 is 15.1 Å². The van der Waals surface area contributed by atoms with E-state index in [1.807, 2.05) is 23.1 Å². The van der Waals surface area contributed by atoms with Gasteiger partial charge in [-0.3, -0.25) is 4.79 Å². The molecule has 0 unspecified atom stereocenters. The van der Waals surface area contributed by atoms with E-state index in [1.165, 1.54) is 5.69 Å². The molecule has 1 aliphatic rings. The summed E-state index contributed by atoms with van der Waals surface area (Å²) in [5, 5.41) is 4.22. The molecule has 2 aromatic rings. The van der Waals surface area contributed by atoms with Crippen molar-refractivity contribution in [2.75, 3.05) is 42.9 Å². The number of rotatable bonds is 4. The summed E-state index contributed by atoms with van der Waals surface area (Å²) in [6.45, 7) is 3.34. The molecule has 1 amide bonds. The van der Waals surface area contributed by atoms with Crippen molar-refractivity contribution in [3.8, 4) is 0 Å². The number of anilines is 2. The van der Waals surface area contributed by atoms with Gasteiger partial charge >= 0.3 is 0 Å². The van der Waals surface area contributed by atoms with Crippen molar-refractivity contribution in [1.82, 2.24) is 4.90 Å². The molecule has 1 heterocycles. The zero-order valence-electron chi connectivity index (χ0n) is 13.2. The third-order valence-electron chi connectivity index (χ3n) is 4.11. The van der Waals surface area contributed by atoms with Crippen LogP contribution in [0, 0.1) is 0 Å². The van der Waals surface area contributed by atoms with E-state index in [1.54, 1.807) is 18.2 Å². The molecule has 0 spiro atoms. The second kappa shape index (κ2) is 7.77. The number of halogens is 2. The predicted octanol–water partition coefficient (Wildman–Crippen LogP) is 3.75. The Morgan fingerprint density at radius 3 is 2.42 bits per heavy atom. The summed E-state index contributed by atoms with van der Waals surface area (Å²) in [5.74, 6) is 0.0683. The van der Waals surface area contributed by atoms with Crippen LogP contribution in [-0.2, 0) is 4.79 Å². The Hall–Kier alpha value is -1.91. The van der Waals surface area contributed by atoms with Crippen LogP contribution in [0.15, 0.2) is 48.5 Å². The molecule has 0 saturated carbocycles. The van der Waals surface area contributed by atoms with E-state index in [4.69, 9.17) is 23.2 Å². The highest BCUT2D eigenvalue weighted by atomic mass is 35.5. The Bertz CT molecular complexity index is 701. The zero-order valence-corrected chi connectivity index (χ0v) is 14.7. The maximum Gasteiger partial charge on any atom is 0.241 e. The molecule has 1 N–H and O–H groups in total. The zero-order chi connectivity index (χ0) is 16.9. The molecule has 1 saturated heterocycles. The molecule has 1 aliphatic heterocycles. The summed E-state index contributed by atoms with van der Waals surface area (Å²) in [4.78, 5) is 16.6. The van der Waals surface area contributed by atoms with Crippen LogP contribution in [0.2, 0.25) is 10.0 Å². The SMILES string of the molecule is O=C(CNc1cc(Cl)ccc1Cl)N1CCN(c2ccccc2)CC1. The van der Waals surface area contributed by atoms with E-state index < -0.39 is 0 Å². The molecule has 0 aromatic heterocycles. The Balaban J connectivity index is 1.51. The van der Waals surface area contributed by atoms with Gasteiger partial charge in [0.15, 0.2) is 0 Å². The first kappa shape index (κ1) is 16.9. The molecule has 24 heavy (non-hydrogen) atoms. The number of nitrogens with one attached hydrogen (secondary N) is 1. The van der Waals surface area contributed by atoms with Crippen molar-refractivity contribution in [2.24, 2.45) is 0 Å². The minimum atomic E-state index is 0.0683. The van der Waals surface area contributed by atoms with Crippen molar-refractivity contribution < 1.29 is 4.79 Å². The van der Waals surface area contributed by atoms with Gasteiger partial charge in [-0.25, -0.2) is 0 Å². The largest absolute Gasteiger partial charge is 0.375 e. The third-order valence-corrected chi connectivity index (χ3v) is 4.68. The number of nitrogens with zero attached hydrogens (tertiary/aromatic N) is 2. The second-order valence-corrected chi connectivity index (χ2v) is 6.52. The van der Waals surface area contributed by atoms with Gasteiger partial charge in [-0.15, -0.1) is 0 Å². The Morgan fingerprint density at radius 2 is 1.71 bits per heavy atom. The molecule has 0 radical (unpaired) electrons. The summed E-state index contributed by atoms with van der Waals surface area (Å²) in [6.07, 6.45) is 0. The molecule has 6 heteroatoms. The molecule has 0 atom stereocenters. The van der Waals surface area contributed by atoms with Crippen molar-refractivity contribution in [2.45, 2.75) is 0 Å². The number of carbonyl (C=O) groups is 1. The van der Waals surface area contributed by atoms with Crippen LogP contribution in [0.3, 0.4) is 0 Å². The molecule has 2 aromatic carbocycles. The molecule has 0 bridgehead atoms. The highest BCUT2D eigenvalue weighted by Gasteiger charge is 2.21. The standard InChI is InChI=1S/C18H19Cl2N3O/c19-14-6-7-16(20)17(12-14)21-13-18(24)23-10-8-22(9-11-23)15-4-2-1-3-5-15/h1-7,12,21H,8-11,13H2. The smallest absolute Gasteiger partial charge is 0.241 e. The maximum absolute atomic E-state index is 12.4. The lowest BCUT2D eigenvalue weighted by atomic mass is 10.2. The Kier molecular flexibility index (Phi) is 5.48. The van der Waals surface area contributed by atoms with Gasteiger partial charge in [0.05, 0.1) is 17.3 Å². The quantitative estimate of drug-likeness (QED) is 0.898. The third kappa shape index (κ3) is 4.13. The summed E-state index contributed by atoms with van der Waals surface area (Å²) in [7, 11) is 0. The predicted molar refractivity (Wildman–Crippen MR) is 100 cm³/mol. The lowest BCUT2D eigenvalue weighted by Crippen LogP contribution is -2.50. The first-order valence-electron chi connectivity index (χ1n) is 7.90. The van der Waals surface area contributed by atoms with Crippen LogP contribution >= 0.6 is 23.2 Å². The number of piperazine rings is 1. The van der Waals surface area contributed by atoms with Gasteiger partial charge in [0.25, 0.3) is 0 Å². The fourth-order valence-electron chi connectivity index (χ4n) is 2.77. The Morgan fingerprint density at radius 1 is 1.00 bits per heavy atom. The first-order chi connectivity index (χ1) is 11.6. The fraction of sp³-hybridized carbons (Fsp3) is 0.278. The average Bonchev–Trinajstić information content (AvgIpc) is 2.63. The van der Waals surface area contributed by atoms with Crippen LogP contribution < -0.4 is 10.2 Å². The normalized spacial score (nSPS) is 14.6. The molecule has 126 valence electrons. The summed E-state index contributed by atoms with van der Waals surface area (Å²) in [6, 6.07) is 15.4. The topological polar surface area (TPSA) is 35.6 Å². The number of hydrogen-bond donors (Lipinski definition) is 1. The van der Waals surface area contributed by atoms with E-state index in [0.29, 0.717) is 15.7 Å². The van der Waals surface area contributed by atoms with E-state index >= 15 is 0 Å². The summed E-state index contributed by atoms with van der Waals surface area (Å²) < 4.78 is 0. The van der Waals surface area contributed by atoms with Gasteiger partial charge in [-0.05, 0) is 30.3 Å². The molecule has 1 fully saturated rings. The number of carbonyl (C=O) groups excluding carboxylic acids is 1. The van der Waals surface area contributed by atoms with Crippen molar-refractivity contribution >= 4 is 40.5 Å². The monoisotopic (exact) mass is 363 g/mol. The van der Waals surface area contributed by atoms with Crippen LogP contribution in [-0.4, -0.2) is 43.5 Å². The minimum Gasteiger partial charge on any atom is -0.375 e. The number of benzene rings is 2. The summed E-state index contributed by atoms with van der Waals surface area (Å²) in [5.41, 5.74) is 1.88. The van der Waals surface area contributed by atoms with Crippen molar-refractivity contribution in [3.63, 3.8) is 0 Å². The van der Waals surface area contributed by atoms with Gasteiger partial charge in [0.2, 0.25) is 5.91 Å². The van der Waals surface area contributed by atoms with Crippen LogP contribution in [0.1, 0.15) is 0 Å². The average molecular weight is 364 g/mol. The van der Waals surface area contributed by atoms with E-state index in [9.17, 15) is 4.79 Å². The fourth-order valence-corrected chi connectivity index (χ4v) is 3.12. The minimum absolute atomic E-state index is 0.0683. The molecule has 3 rings (SSSR count). The van der Waals surface area contributed by atoms with Crippen molar-refractivity contribution in [3.05, 3.63) is 58.6 Å². The number of hydrogen-bond acceptors (Lipinski definition) is 3. The highest BCUT2D eigenvalue weighted by Crippen LogP contribution is 2.25. The van der Waals surface area contributed by atoms with Crippen LogP contribution in [0.4, 0.5) is 11.4 Å². The Labute approximate surface area is 152 Å². The molecular weight excluding hydrogens is 345 g/mol. The first-order valence-corrected chi connectivity index (χ1v) is 8.66. The van der Waals surface area contributed by atoms with Gasteiger partial charge in [-0.2, -0.15) is 0 Å². The lowest BCUT2D eigenvalue weighted by molar-refractivity contribution is -0.129. The van der Waals surface area contributed by atoms with E-state index in [0.717, 1.165) is 26.2 Å². The number of amides is 1. The van der Waals surface area contributed by atoms with E-state index in [-0.39, 0.29) is 12.5 Å². The van der Waals surface area contributed by atoms with Crippen LogP contribution in [0.25, 0.3) is 0 Å². The molecule has 4 nitrogen and oxygen atoms in total. The van der Waals surface area contributed by atoms with Crippen molar-refractivity contribution in [1.29, 1.82) is 0 Å². The maximum atomic E-state index is 12.4. The highest BCUT2D eigenvalue weighted by molar-refractivity contribution is 6.35. The lowest BCUT2D eigenvalue weighted by Gasteiger charge is -2.36.